The van der Waals surface area contributed by atoms with Crippen molar-refractivity contribution in [2.45, 2.75) is 54.3 Å². The van der Waals surface area contributed by atoms with Crippen molar-refractivity contribution in [3.8, 4) is 0 Å². The van der Waals surface area contributed by atoms with E-state index >= 15 is 0 Å². The summed E-state index contributed by atoms with van der Waals surface area (Å²) in [5, 5.41) is 9.66. The molecule has 0 fully saturated rings. The molecule has 0 amide bonds. The Morgan fingerprint density at radius 3 is 2.00 bits per heavy atom. The second-order valence-corrected chi connectivity index (χ2v) is 5.76. The average Bonchev–Trinajstić information content (AvgIpc) is 2.11. The van der Waals surface area contributed by atoms with E-state index in [1.54, 1.807) is 0 Å². The Labute approximate surface area is 94.3 Å². The summed E-state index contributed by atoms with van der Waals surface area (Å²) in [6, 6.07) is 0. The Balaban J connectivity index is 4.71. The van der Waals surface area contributed by atoms with Gasteiger partial charge in [0.25, 0.3) is 0 Å². The van der Waals surface area contributed by atoms with Crippen LogP contribution in [0.1, 0.15) is 48.0 Å². The van der Waals surface area contributed by atoms with Gasteiger partial charge in [-0.05, 0) is 29.7 Å². The molecule has 2 nitrogen and oxygen atoms in total. The second kappa shape index (κ2) is 5.13. The van der Waals surface area contributed by atoms with E-state index in [0.29, 0.717) is 0 Å². The van der Waals surface area contributed by atoms with Gasteiger partial charge >= 0.3 is 0 Å². The van der Waals surface area contributed by atoms with Crippen LogP contribution in [-0.4, -0.2) is 18.5 Å². The summed E-state index contributed by atoms with van der Waals surface area (Å²) in [6.07, 6.45) is 2.03. The van der Waals surface area contributed by atoms with Gasteiger partial charge in [0.2, 0.25) is 0 Å². The highest BCUT2D eigenvalue weighted by molar-refractivity contribution is 5.08. The van der Waals surface area contributed by atoms with Crippen LogP contribution in [-0.2, 0) is 4.74 Å². The van der Waals surface area contributed by atoms with Gasteiger partial charge in [-0.3, -0.25) is 0 Å². The lowest BCUT2D eigenvalue weighted by Gasteiger charge is -2.40. The quantitative estimate of drug-likeness (QED) is 0.574. The third kappa shape index (κ3) is 3.96. The molecule has 15 heavy (non-hydrogen) atoms. The first-order valence-electron chi connectivity index (χ1n) is 5.51. The molecular weight excluding hydrogens is 188 g/mol. The monoisotopic (exact) mass is 214 g/mol. The highest BCUT2D eigenvalue weighted by Crippen LogP contribution is 2.43. The molecule has 1 N–H and O–H groups in total. The number of allylic oxidation sites excluding steroid dienone is 1. The second-order valence-electron chi connectivity index (χ2n) is 5.76. The molecular formula is C13H26O2. The fourth-order valence-electron chi connectivity index (χ4n) is 1.26. The molecule has 0 aliphatic carbocycles. The number of ether oxygens (including phenoxy) is 1. The third-order valence-corrected chi connectivity index (χ3v) is 3.59. The van der Waals surface area contributed by atoms with Crippen molar-refractivity contribution < 1.29 is 9.84 Å². The van der Waals surface area contributed by atoms with Crippen molar-refractivity contribution in [2.24, 2.45) is 10.8 Å². The number of hydrogen-bond donors (Lipinski definition) is 1. The highest BCUT2D eigenvalue weighted by Gasteiger charge is 2.34. The Bertz CT molecular complexity index is 221. The largest absolute Gasteiger partial charge is 0.364 e. The summed E-state index contributed by atoms with van der Waals surface area (Å²) in [4.78, 5) is 0. The highest BCUT2D eigenvalue weighted by atomic mass is 16.6. The summed E-state index contributed by atoms with van der Waals surface area (Å²) in [7, 11) is 1.53. The van der Waals surface area contributed by atoms with Crippen LogP contribution >= 0.6 is 0 Å². The zero-order valence-electron chi connectivity index (χ0n) is 11.2. The van der Waals surface area contributed by atoms with Gasteiger partial charge in [0.05, 0.1) is 0 Å². The van der Waals surface area contributed by atoms with Crippen molar-refractivity contribution in [3.05, 3.63) is 11.6 Å². The fraction of sp³-hybridized carbons (Fsp3) is 0.846. The maximum atomic E-state index is 9.66. The first-order chi connectivity index (χ1) is 6.65. The number of aliphatic hydroxyl groups excluding tert-OH is 1. The van der Waals surface area contributed by atoms with Crippen molar-refractivity contribution in [3.63, 3.8) is 0 Å². The van der Waals surface area contributed by atoms with E-state index < -0.39 is 6.29 Å². The molecule has 0 rings (SSSR count). The molecule has 0 heterocycles. The van der Waals surface area contributed by atoms with Gasteiger partial charge in [-0.15, -0.1) is 0 Å². The lowest BCUT2D eigenvalue weighted by molar-refractivity contribution is -0.0523. The van der Waals surface area contributed by atoms with E-state index in [9.17, 15) is 5.11 Å². The van der Waals surface area contributed by atoms with Crippen LogP contribution in [0.5, 0.6) is 0 Å². The molecule has 90 valence electrons. The number of hydrogen-bond acceptors (Lipinski definition) is 2. The van der Waals surface area contributed by atoms with Crippen molar-refractivity contribution in [2.75, 3.05) is 7.11 Å². The van der Waals surface area contributed by atoms with Gasteiger partial charge < -0.3 is 9.84 Å². The summed E-state index contributed by atoms with van der Waals surface area (Å²) in [5.74, 6) is 0. The minimum Gasteiger partial charge on any atom is -0.364 e. The Kier molecular flexibility index (Phi) is 5.01. The molecule has 0 saturated carbocycles. The molecule has 1 atom stereocenters. The molecule has 0 radical (unpaired) electrons. The zero-order valence-corrected chi connectivity index (χ0v) is 11.2. The Hall–Kier alpha value is -0.340. The lowest BCUT2D eigenvalue weighted by Crippen LogP contribution is -2.32. The van der Waals surface area contributed by atoms with Crippen molar-refractivity contribution in [1.29, 1.82) is 0 Å². The van der Waals surface area contributed by atoms with Gasteiger partial charge in [0.1, 0.15) is 0 Å². The van der Waals surface area contributed by atoms with Gasteiger partial charge in [0.15, 0.2) is 6.29 Å². The minimum atomic E-state index is -0.767. The molecule has 0 aromatic rings. The van der Waals surface area contributed by atoms with Crippen LogP contribution in [0.3, 0.4) is 0 Å². The Morgan fingerprint density at radius 1 is 1.27 bits per heavy atom. The molecule has 0 aliphatic rings. The molecule has 2 heteroatoms. The van der Waals surface area contributed by atoms with Crippen LogP contribution in [0.4, 0.5) is 0 Å². The average molecular weight is 214 g/mol. The third-order valence-electron chi connectivity index (χ3n) is 3.59. The predicted octanol–water partition coefficient (Wildman–Crippen LogP) is 3.36. The van der Waals surface area contributed by atoms with E-state index in [1.807, 2.05) is 13.0 Å². The van der Waals surface area contributed by atoms with E-state index in [-0.39, 0.29) is 10.8 Å². The number of methoxy groups -OCH3 is 1. The summed E-state index contributed by atoms with van der Waals surface area (Å²) in [6.45, 7) is 13.0. The molecule has 0 aromatic carbocycles. The molecule has 0 bridgehead atoms. The van der Waals surface area contributed by atoms with E-state index in [4.69, 9.17) is 4.74 Å². The smallest absolute Gasteiger partial charge is 0.176 e. The number of rotatable bonds is 4. The standard InChI is InChI=1S/C13H26O2/c1-8-10(11(14)15-7)9-13(5,6)12(2,3)4/h8,11,14H,9H2,1-7H3/b10-8+. The lowest BCUT2D eigenvalue weighted by atomic mass is 9.66. The van der Waals surface area contributed by atoms with E-state index in [1.165, 1.54) is 7.11 Å². The zero-order chi connectivity index (χ0) is 12.3. The Morgan fingerprint density at radius 2 is 1.73 bits per heavy atom. The molecule has 0 spiro atoms. The van der Waals surface area contributed by atoms with Crippen molar-refractivity contribution >= 4 is 0 Å². The molecule has 0 saturated heterocycles. The van der Waals surface area contributed by atoms with Crippen LogP contribution in [0.25, 0.3) is 0 Å². The van der Waals surface area contributed by atoms with Crippen LogP contribution in [0.2, 0.25) is 0 Å². The molecule has 0 aliphatic heterocycles. The van der Waals surface area contributed by atoms with Crippen LogP contribution in [0.15, 0.2) is 11.6 Å². The SMILES string of the molecule is C/C=C(\CC(C)(C)C(C)(C)C)C(O)OC. The molecule has 0 aromatic heterocycles. The first-order valence-corrected chi connectivity index (χ1v) is 5.51. The molecule has 1 unspecified atom stereocenters. The fourth-order valence-corrected chi connectivity index (χ4v) is 1.26. The summed E-state index contributed by atoms with van der Waals surface area (Å²) >= 11 is 0. The van der Waals surface area contributed by atoms with Gasteiger partial charge in [-0.2, -0.15) is 0 Å². The van der Waals surface area contributed by atoms with Gasteiger partial charge in [-0.1, -0.05) is 40.7 Å². The van der Waals surface area contributed by atoms with Gasteiger partial charge in [-0.25, -0.2) is 0 Å². The number of aliphatic hydroxyl groups is 1. The summed E-state index contributed by atoms with van der Waals surface area (Å²) in [5.41, 5.74) is 1.29. The maximum absolute atomic E-state index is 9.66. The predicted molar refractivity (Wildman–Crippen MR) is 64.6 cm³/mol. The van der Waals surface area contributed by atoms with Crippen LogP contribution in [0, 0.1) is 10.8 Å². The summed E-state index contributed by atoms with van der Waals surface area (Å²) < 4.78 is 4.95. The minimum absolute atomic E-state index is 0.133. The normalized spacial score (nSPS) is 16.7. The first kappa shape index (κ1) is 14.7. The van der Waals surface area contributed by atoms with Gasteiger partial charge in [0, 0.05) is 7.11 Å². The van der Waals surface area contributed by atoms with E-state index in [0.717, 1.165) is 12.0 Å². The van der Waals surface area contributed by atoms with Crippen molar-refractivity contribution in [1.82, 2.24) is 0 Å². The topological polar surface area (TPSA) is 29.5 Å². The van der Waals surface area contributed by atoms with E-state index in [2.05, 4.69) is 34.6 Å². The maximum Gasteiger partial charge on any atom is 0.176 e. The van der Waals surface area contributed by atoms with Crippen LogP contribution < -0.4 is 0 Å².